The summed E-state index contributed by atoms with van der Waals surface area (Å²) in [5.41, 5.74) is 10.0. The number of aryl methyl sites for hydroxylation is 1. The highest BCUT2D eigenvalue weighted by Crippen LogP contribution is 2.50. The fraction of sp³-hybridized carbons (Fsp3) is 0.345. The molecule has 1 aliphatic rings. The standard InChI is InChI=1S/C29H33NO3/c1-17-12-14-20(15-13-17)23-18(2)24-22-11-9-8-10-21(22)16-30(7)26(24)19(3)25(23)27(28(31)32)33-29(4,5)6/h8-15,27H,16H2,1-7H3,(H,31,32)/t27-/m0/s1. The average molecular weight is 444 g/mol. The summed E-state index contributed by atoms with van der Waals surface area (Å²) in [4.78, 5) is 14.8. The number of anilines is 1. The van der Waals surface area contributed by atoms with E-state index in [1.54, 1.807) is 0 Å². The summed E-state index contributed by atoms with van der Waals surface area (Å²) in [6.07, 6.45) is -1.07. The van der Waals surface area contributed by atoms with Crippen LogP contribution in [-0.4, -0.2) is 23.7 Å². The molecular formula is C29H33NO3. The first-order chi connectivity index (χ1) is 15.5. The molecular weight excluding hydrogens is 410 g/mol. The van der Waals surface area contributed by atoms with Gasteiger partial charge < -0.3 is 14.7 Å². The summed E-state index contributed by atoms with van der Waals surface area (Å²) in [6, 6.07) is 16.8. The van der Waals surface area contributed by atoms with Gasteiger partial charge in [-0.3, -0.25) is 0 Å². The number of hydrogen-bond acceptors (Lipinski definition) is 3. The van der Waals surface area contributed by atoms with E-state index in [-0.39, 0.29) is 0 Å². The quantitative estimate of drug-likeness (QED) is 0.480. The highest BCUT2D eigenvalue weighted by Gasteiger charge is 2.35. The van der Waals surface area contributed by atoms with E-state index < -0.39 is 17.7 Å². The van der Waals surface area contributed by atoms with Crippen LogP contribution in [0, 0.1) is 20.8 Å². The van der Waals surface area contributed by atoms with Gasteiger partial charge in [0.15, 0.2) is 6.10 Å². The van der Waals surface area contributed by atoms with Crippen molar-refractivity contribution in [3.05, 3.63) is 76.3 Å². The Morgan fingerprint density at radius 1 is 0.970 bits per heavy atom. The van der Waals surface area contributed by atoms with Crippen LogP contribution >= 0.6 is 0 Å². The van der Waals surface area contributed by atoms with Crippen molar-refractivity contribution in [2.24, 2.45) is 0 Å². The zero-order valence-corrected chi connectivity index (χ0v) is 20.6. The van der Waals surface area contributed by atoms with E-state index in [0.29, 0.717) is 0 Å². The Labute approximate surface area is 196 Å². The van der Waals surface area contributed by atoms with E-state index in [0.717, 1.165) is 40.0 Å². The zero-order chi connectivity index (χ0) is 24.1. The van der Waals surface area contributed by atoms with Crippen LogP contribution in [0.5, 0.6) is 0 Å². The van der Waals surface area contributed by atoms with Gasteiger partial charge in [-0.05, 0) is 74.9 Å². The van der Waals surface area contributed by atoms with E-state index in [4.69, 9.17) is 4.74 Å². The van der Waals surface area contributed by atoms with Gasteiger partial charge in [0, 0.05) is 30.4 Å². The van der Waals surface area contributed by atoms with Crippen molar-refractivity contribution in [3.8, 4) is 22.3 Å². The van der Waals surface area contributed by atoms with Crippen LogP contribution in [0.2, 0.25) is 0 Å². The minimum atomic E-state index is -1.07. The van der Waals surface area contributed by atoms with Crippen molar-refractivity contribution in [1.82, 2.24) is 0 Å². The Balaban J connectivity index is 2.13. The summed E-state index contributed by atoms with van der Waals surface area (Å²) in [6.45, 7) is 12.7. The lowest BCUT2D eigenvalue weighted by atomic mass is 9.79. The number of carboxylic acids is 1. The fourth-order valence-corrected chi connectivity index (χ4v) is 5.06. The van der Waals surface area contributed by atoms with Gasteiger partial charge in [-0.2, -0.15) is 0 Å². The van der Waals surface area contributed by atoms with Crippen LogP contribution in [0.25, 0.3) is 22.3 Å². The molecule has 1 heterocycles. The smallest absolute Gasteiger partial charge is 0.337 e. The molecule has 0 unspecified atom stereocenters. The molecule has 0 saturated heterocycles. The highest BCUT2D eigenvalue weighted by molar-refractivity contribution is 5.96. The van der Waals surface area contributed by atoms with Gasteiger partial charge in [0.25, 0.3) is 0 Å². The number of rotatable bonds is 4. The van der Waals surface area contributed by atoms with Gasteiger partial charge in [0.05, 0.1) is 5.60 Å². The van der Waals surface area contributed by atoms with Crippen LogP contribution < -0.4 is 4.90 Å². The molecule has 4 rings (SSSR count). The molecule has 3 aromatic rings. The van der Waals surface area contributed by atoms with E-state index in [1.165, 1.54) is 22.3 Å². The van der Waals surface area contributed by atoms with E-state index in [2.05, 4.69) is 74.3 Å². The maximum atomic E-state index is 12.6. The van der Waals surface area contributed by atoms with Crippen molar-refractivity contribution < 1.29 is 14.6 Å². The molecule has 1 aliphatic heterocycles. The summed E-state index contributed by atoms with van der Waals surface area (Å²) >= 11 is 0. The van der Waals surface area contributed by atoms with Gasteiger partial charge in [0.1, 0.15) is 0 Å². The molecule has 4 heteroatoms. The van der Waals surface area contributed by atoms with Crippen molar-refractivity contribution in [2.75, 3.05) is 11.9 Å². The SMILES string of the molecule is Cc1ccc(-c2c(C)c3c(c(C)c2[C@H](OC(C)(C)C)C(=O)O)N(C)Cc2ccccc2-3)cc1. The van der Waals surface area contributed by atoms with E-state index in [9.17, 15) is 9.90 Å². The number of aliphatic carboxylic acids is 1. The first kappa shape index (κ1) is 23.1. The monoisotopic (exact) mass is 443 g/mol. The van der Waals surface area contributed by atoms with Crippen LogP contribution in [0.4, 0.5) is 5.69 Å². The number of hydrogen-bond donors (Lipinski definition) is 1. The predicted octanol–water partition coefficient (Wildman–Crippen LogP) is 6.84. The number of fused-ring (bicyclic) bond motifs is 3. The number of carbonyl (C=O) groups is 1. The first-order valence-corrected chi connectivity index (χ1v) is 11.4. The molecule has 1 N–H and O–H groups in total. The number of benzene rings is 3. The summed E-state index contributed by atoms with van der Waals surface area (Å²) in [7, 11) is 2.08. The minimum absolute atomic E-state index is 0.609. The molecule has 0 radical (unpaired) electrons. The van der Waals surface area contributed by atoms with Gasteiger partial charge in [0.2, 0.25) is 0 Å². The maximum absolute atomic E-state index is 12.6. The molecule has 0 fully saturated rings. The average Bonchev–Trinajstić information content (AvgIpc) is 2.74. The van der Waals surface area contributed by atoms with Crippen LogP contribution in [0.15, 0.2) is 48.5 Å². The molecule has 0 aromatic heterocycles. The predicted molar refractivity (Wildman–Crippen MR) is 135 cm³/mol. The van der Waals surface area contributed by atoms with Crippen LogP contribution in [-0.2, 0) is 16.1 Å². The molecule has 4 nitrogen and oxygen atoms in total. The van der Waals surface area contributed by atoms with Crippen LogP contribution in [0.3, 0.4) is 0 Å². The Kier molecular flexibility index (Phi) is 5.83. The second kappa shape index (κ2) is 8.35. The lowest BCUT2D eigenvalue weighted by molar-refractivity contribution is -0.160. The van der Waals surface area contributed by atoms with Crippen molar-refractivity contribution >= 4 is 11.7 Å². The molecule has 1 atom stereocenters. The lowest BCUT2D eigenvalue weighted by Crippen LogP contribution is -2.30. The first-order valence-electron chi connectivity index (χ1n) is 11.4. The zero-order valence-electron chi connectivity index (χ0n) is 20.6. The second-order valence-electron chi connectivity index (χ2n) is 10.1. The second-order valence-corrected chi connectivity index (χ2v) is 10.1. The van der Waals surface area contributed by atoms with Gasteiger partial charge in [-0.1, -0.05) is 54.1 Å². The van der Waals surface area contributed by atoms with Crippen molar-refractivity contribution in [2.45, 2.75) is 59.8 Å². The Bertz CT molecular complexity index is 1220. The van der Waals surface area contributed by atoms with Crippen LogP contribution in [0.1, 0.15) is 54.7 Å². The summed E-state index contributed by atoms with van der Waals surface area (Å²) < 4.78 is 6.18. The fourth-order valence-electron chi connectivity index (χ4n) is 5.06. The molecule has 0 aliphatic carbocycles. The summed E-state index contributed by atoms with van der Waals surface area (Å²) in [5.74, 6) is -0.973. The minimum Gasteiger partial charge on any atom is -0.479 e. The van der Waals surface area contributed by atoms with E-state index in [1.807, 2.05) is 27.7 Å². The third-order valence-corrected chi connectivity index (χ3v) is 6.39. The summed E-state index contributed by atoms with van der Waals surface area (Å²) in [5, 5.41) is 10.3. The van der Waals surface area contributed by atoms with Gasteiger partial charge >= 0.3 is 5.97 Å². The number of nitrogens with zero attached hydrogens (tertiary/aromatic N) is 1. The van der Waals surface area contributed by atoms with Crippen molar-refractivity contribution in [1.29, 1.82) is 0 Å². The number of ether oxygens (including phenoxy) is 1. The lowest BCUT2D eigenvalue weighted by Gasteiger charge is -2.36. The number of carboxylic acid groups (broad SMARTS) is 1. The molecule has 33 heavy (non-hydrogen) atoms. The van der Waals surface area contributed by atoms with Gasteiger partial charge in [-0.25, -0.2) is 4.79 Å². The largest absolute Gasteiger partial charge is 0.479 e. The Morgan fingerprint density at radius 3 is 2.21 bits per heavy atom. The Hall–Kier alpha value is -3.11. The van der Waals surface area contributed by atoms with Gasteiger partial charge in [-0.15, -0.1) is 0 Å². The topological polar surface area (TPSA) is 49.8 Å². The van der Waals surface area contributed by atoms with E-state index >= 15 is 0 Å². The molecule has 172 valence electrons. The molecule has 0 spiro atoms. The highest BCUT2D eigenvalue weighted by atomic mass is 16.5. The Morgan fingerprint density at radius 2 is 1.61 bits per heavy atom. The molecule has 3 aromatic carbocycles. The third kappa shape index (κ3) is 4.16. The normalized spacial score (nSPS) is 14.0. The molecule has 0 amide bonds. The molecule has 0 bridgehead atoms. The maximum Gasteiger partial charge on any atom is 0.337 e. The third-order valence-electron chi connectivity index (χ3n) is 6.39. The van der Waals surface area contributed by atoms with Crippen molar-refractivity contribution in [3.63, 3.8) is 0 Å². The molecule has 0 saturated carbocycles.